The Morgan fingerprint density at radius 3 is 2.22 bits per heavy atom. The van der Waals surface area contributed by atoms with Gasteiger partial charge in [0.15, 0.2) is 0 Å². The predicted octanol–water partition coefficient (Wildman–Crippen LogP) is 2.59. The Morgan fingerprint density at radius 1 is 1.04 bits per heavy atom. The molecule has 0 aromatic heterocycles. The minimum atomic E-state index is -0.741. The standard InChI is InChI=1S/C17H17FN2O3/c1-11(16(21)20-14-7-5-13(18)6-8-14)19-17(22)12-3-9-15(23-2)10-4-12/h3-11H,1-2H3,(H,19,22)(H,20,21)/t11-/m0/s1. The highest BCUT2D eigenvalue weighted by Gasteiger charge is 2.16. The number of anilines is 1. The lowest BCUT2D eigenvalue weighted by molar-refractivity contribution is -0.117. The first-order valence-electron chi connectivity index (χ1n) is 7.01. The summed E-state index contributed by atoms with van der Waals surface area (Å²) in [5.74, 6) is -0.500. The van der Waals surface area contributed by atoms with Crippen LogP contribution in [0.1, 0.15) is 17.3 Å². The maximum Gasteiger partial charge on any atom is 0.251 e. The van der Waals surface area contributed by atoms with Gasteiger partial charge in [0.25, 0.3) is 5.91 Å². The predicted molar refractivity (Wildman–Crippen MR) is 85.0 cm³/mol. The summed E-state index contributed by atoms with van der Waals surface area (Å²) in [7, 11) is 1.54. The fourth-order valence-corrected chi connectivity index (χ4v) is 1.87. The monoisotopic (exact) mass is 316 g/mol. The van der Waals surface area contributed by atoms with Crippen molar-refractivity contribution < 1.29 is 18.7 Å². The number of rotatable bonds is 5. The van der Waals surface area contributed by atoms with E-state index in [-0.39, 0.29) is 11.7 Å². The van der Waals surface area contributed by atoms with Gasteiger partial charge in [0.05, 0.1) is 7.11 Å². The number of hydrogen-bond donors (Lipinski definition) is 2. The van der Waals surface area contributed by atoms with Gasteiger partial charge in [0, 0.05) is 11.3 Å². The summed E-state index contributed by atoms with van der Waals surface area (Å²) < 4.78 is 17.8. The number of halogens is 1. The number of amides is 2. The van der Waals surface area contributed by atoms with Gasteiger partial charge in [-0.2, -0.15) is 0 Å². The van der Waals surface area contributed by atoms with Gasteiger partial charge in [-0.15, -0.1) is 0 Å². The van der Waals surface area contributed by atoms with Gasteiger partial charge in [-0.1, -0.05) is 0 Å². The molecule has 0 aliphatic carbocycles. The van der Waals surface area contributed by atoms with Crippen molar-refractivity contribution in [1.82, 2.24) is 5.32 Å². The molecule has 1 atom stereocenters. The third-order valence-corrected chi connectivity index (χ3v) is 3.20. The smallest absolute Gasteiger partial charge is 0.251 e. The average molecular weight is 316 g/mol. The van der Waals surface area contributed by atoms with Crippen LogP contribution in [0, 0.1) is 5.82 Å². The Balaban J connectivity index is 1.94. The Bertz CT molecular complexity index is 684. The van der Waals surface area contributed by atoms with Crippen LogP contribution in [0.2, 0.25) is 0 Å². The lowest BCUT2D eigenvalue weighted by Crippen LogP contribution is -2.41. The fraction of sp³-hybridized carbons (Fsp3) is 0.176. The summed E-state index contributed by atoms with van der Waals surface area (Å²) in [6.07, 6.45) is 0. The Hall–Kier alpha value is -2.89. The SMILES string of the molecule is COc1ccc(C(=O)N[C@@H](C)C(=O)Nc2ccc(F)cc2)cc1. The number of hydrogen-bond acceptors (Lipinski definition) is 3. The van der Waals surface area contributed by atoms with E-state index in [2.05, 4.69) is 10.6 Å². The number of carbonyl (C=O) groups excluding carboxylic acids is 2. The minimum Gasteiger partial charge on any atom is -0.497 e. The molecule has 0 saturated carbocycles. The van der Waals surface area contributed by atoms with Crippen molar-refractivity contribution in [2.45, 2.75) is 13.0 Å². The Kier molecular flexibility index (Phi) is 5.30. The van der Waals surface area contributed by atoms with Crippen molar-refractivity contribution >= 4 is 17.5 Å². The number of benzene rings is 2. The average Bonchev–Trinajstić information content (AvgIpc) is 2.56. The molecule has 5 nitrogen and oxygen atoms in total. The maximum absolute atomic E-state index is 12.8. The van der Waals surface area contributed by atoms with Crippen LogP contribution in [0.25, 0.3) is 0 Å². The van der Waals surface area contributed by atoms with Crippen molar-refractivity contribution in [2.75, 3.05) is 12.4 Å². The van der Waals surface area contributed by atoms with E-state index >= 15 is 0 Å². The highest BCUT2D eigenvalue weighted by atomic mass is 19.1. The lowest BCUT2D eigenvalue weighted by Gasteiger charge is -2.14. The molecule has 0 aliphatic heterocycles. The van der Waals surface area contributed by atoms with Gasteiger partial charge in [-0.05, 0) is 55.5 Å². The zero-order valence-corrected chi connectivity index (χ0v) is 12.8. The number of nitrogens with one attached hydrogen (secondary N) is 2. The molecular weight excluding hydrogens is 299 g/mol. The van der Waals surface area contributed by atoms with Gasteiger partial charge in [0.1, 0.15) is 17.6 Å². The third-order valence-electron chi connectivity index (χ3n) is 3.20. The van der Waals surface area contributed by atoms with Crippen LogP contribution in [0.3, 0.4) is 0 Å². The van der Waals surface area contributed by atoms with Crippen LogP contribution in [0.15, 0.2) is 48.5 Å². The van der Waals surface area contributed by atoms with Crippen LogP contribution in [-0.4, -0.2) is 25.0 Å². The Morgan fingerprint density at radius 2 is 1.65 bits per heavy atom. The van der Waals surface area contributed by atoms with E-state index in [1.807, 2.05) is 0 Å². The second-order valence-electron chi connectivity index (χ2n) is 4.92. The molecule has 23 heavy (non-hydrogen) atoms. The number of methoxy groups -OCH3 is 1. The quantitative estimate of drug-likeness (QED) is 0.891. The number of ether oxygens (including phenoxy) is 1. The highest BCUT2D eigenvalue weighted by molar-refractivity contribution is 6.00. The molecule has 0 fully saturated rings. The van der Waals surface area contributed by atoms with Crippen molar-refractivity contribution in [1.29, 1.82) is 0 Å². The van der Waals surface area contributed by atoms with Gasteiger partial charge < -0.3 is 15.4 Å². The van der Waals surface area contributed by atoms with E-state index in [9.17, 15) is 14.0 Å². The normalized spacial score (nSPS) is 11.4. The summed E-state index contributed by atoms with van der Waals surface area (Å²) in [5, 5.41) is 5.20. The van der Waals surface area contributed by atoms with Gasteiger partial charge in [-0.25, -0.2) is 4.39 Å². The molecular formula is C17H17FN2O3. The van der Waals surface area contributed by atoms with Gasteiger partial charge in [0.2, 0.25) is 5.91 Å². The molecule has 0 radical (unpaired) electrons. The van der Waals surface area contributed by atoms with Crippen LogP contribution < -0.4 is 15.4 Å². The molecule has 0 spiro atoms. The van der Waals surface area contributed by atoms with E-state index < -0.39 is 11.9 Å². The molecule has 0 unspecified atom stereocenters. The summed E-state index contributed by atoms with van der Waals surface area (Å²) in [6.45, 7) is 1.57. The van der Waals surface area contributed by atoms with Crippen LogP contribution in [0.4, 0.5) is 10.1 Å². The molecule has 2 aromatic rings. The van der Waals surface area contributed by atoms with E-state index in [4.69, 9.17) is 4.74 Å². The molecule has 2 aromatic carbocycles. The lowest BCUT2D eigenvalue weighted by atomic mass is 10.2. The Labute approximate surface area is 133 Å². The van der Waals surface area contributed by atoms with E-state index in [0.717, 1.165) is 0 Å². The maximum atomic E-state index is 12.8. The topological polar surface area (TPSA) is 67.4 Å². The molecule has 6 heteroatoms. The van der Waals surface area contributed by atoms with E-state index in [1.54, 1.807) is 31.2 Å². The first kappa shape index (κ1) is 16.5. The molecule has 2 amide bonds. The minimum absolute atomic E-state index is 0.366. The molecule has 0 aliphatic rings. The second-order valence-corrected chi connectivity index (χ2v) is 4.92. The van der Waals surface area contributed by atoms with Crippen molar-refractivity contribution in [3.8, 4) is 5.75 Å². The fourth-order valence-electron chi connectivity index (χ4n) is 1.87. The highest BCUT2D eigenvalue weighted by Crippen LogP contribution is 2.12. The van der Waals surface area contributed by atoms with Gasteiger partial charge in [-0.3, -0.25) is 9.59 Å². The first-order valence-corrected chi connectivity index (χ1v) is 7.01. The van der Waals surface area contributed by atoms with Crippen LogP contribution in [0.5, 0.6) is 5.75 Å². The number of carbonyl (C=O) groups is 2. The molecule has 0 bridgehead atoms. The summed E-state index contributed by atoms with van der Waals surface area (Å²) in [4.78, 5) is 24.1. The van der Waals surface area contributed by atoms with E-state index in [1.165, 1.54) is 31.4 Å². The largest absolute Gasteiger partial charge is 0.497 e. The molecule has 0 saturated heterocycles. The second kappa shape index (κ2) is 7.40. The molecule has 0 heterocycles. The van der Waals surface area contributed by atoms with Crippen LogP contribution >= 0.6 is 0 Å². The van der Waals surface area contributed by atoms with E-state index in [0.29, 0.717) is 17.0 Å². The molecule has 120 valence electrons. The van der Waals surface area contributed by atoms with Crippen LogP contribution in [-0.2, 0) is 4.79 Å². The van der Waals surface area contributed by atoms with Gasteiger partial charge >= 0.3 is 0 Å². The zero-order valence-electron chi connectivity index (χ0n) is 12.8. The van der Waals surface area contributed by atoms with Crippen molar-refractivity contribution in [3.63, 3.8) is 0 Å². The third kappa shape index (κ3) is 4.54. The molecule has 2 rings (SSSR count). The first-order chi connectivity index (χ1) is 11.0. The van der Waals surface area contributed by atoms with Crippen molar-refractivity contribution in [2.24, 2.45) is 0 Å². The van der Waals surface area contributed by atoms with Crippen molar-refractivity contribution in [3.05, 3.63) is 59.9 Å². The summed E-state index contributed by atoms with van der Waals surface area (Å²) in [6, 6.07) is 11.2. The zero-order chi connectivity index (χ0) is 16.8. The summed E-state index contributed by atoms with van der Waals surface area (Å²) in [5.41, 5.74) is 0.883. The molecule has 2 N–H and O–H groups in total. The summed E-state index contributed by atoms with van der Waals surface area (Å²) >= 11 is 0.